The molecule has 7 heteroatoms. The first-order chi connectivity index (χ1) is 13.6. The monoisotopic (exact) mass is 384 g/mol. The molecule has 1 aliphatic rings. The van der Waals surface area contributed by atoms with Gasteiger partial charge in [-0.3, -0.25) is 14.5 Å². The first-order valence-electron chi connectivity index (χ1n) is 9.14. The van der Waals surface area contributed by atoms with Crippen LogP contribution in [0.3, 0.4) is 0 Å². The summed E-state index contributed by atoms with van der Waals surface area (Å²) in [4.78, 5) is 25.2. The van der Waals surface area contributed by atoms with Crippen LogP contribution in [0.2, 0.25) is 0 Å². The van der Waals surface area contributed by atoms with Crippen LogP contribution < -0.4 is 14.8 Å². The van der Waals surface area contributed by atoms with Gasteiger partial charge in [-0.15, -0.1) is 0 Å². The number of carboxylic acid groups (broad SMARTS) is 1. The van der Waals surface area contributed by atoms with Gasteiger partial charge >= 0.3 is 5.97 Å². The summed E-state index contributed by atoms with van der Waals surface area (Å²) >= 11 is 0. The lowest BCUT2D eigenvalue weighted by Gasteiger charge is -2.34. The number of hydrogen-bond acceptors (Lipinski definition) is 5. The summed E-state index contributed by atoms with van der Waals surface area (Å²) in [5.41, 5.74) is 1.88. The number of hydrogen-bond donors (Lipinski definition) is 2. The molecule has 7 nitrogen and oxygen atoms in total. The molecule has 1 saturated heterocycles. The van der Waals surface area contributed by atoms with E-state index in [1.54, 1.807) is 7.11 Å². The van der Waals surface area contributed by atoms with Crippen molar-refractivity contribution in [3.8, 4) is 11.5 Å². The topological polar surface area (TPSA) is 88.1 Å². The maximum Gasteiger partial charge on any atom is 0.305 e. The molecule has 0 bridgehead atoms. The second kappa shape index (κ2) is 9.23. The lowest BCUT2D eigenvalue weighted by molar-refractivity contribution is -0.143. The Hall–Kier alpha value is -3.06. The molecule has 2 aromatic rings. The molecular formula is C21H24N2O5. The Morgan fingerprint density at radius 3 is 2.71 bits per heavy atom. The summed E-state index contributed by atoms with van der Waals surface area (Å²) < 4.78 is 11.5. The Morgan fingerprint density at radius 2 is 2.00 bits per heavy atom. The normalized spacial score (nSPS) is 17.0. The van der Waals surface area contributed by atoms with Crippen molar-refractivity contribution in [1.29, 1.82) is 0 Å². The number of carbonyl (C=O) groups excluding carboxylic acids is 1. The predicted octanol–water partition coefficient (Wildman–Crippen LogP) is 2.05. The van der Waals surface area contributed by atoms with Gasteiger partial charge in [0.05, 0.1) is 13.5 Å². The fraction of sp³-hybridized carbons (Fsp3) is 0.333. The van der Waals surface area contributed by atoms with Crippen LogP contribution in [0, 0.1) is 0 Å². The molecule has 1 aliphatic heterocycles. The Balaban J connectivity index is 1.82. The van der Waals surface area contributed by atoms with E-state index >= 15 is 0 Å². The summed E-state index contributed by atoms with van der Waals surface area (Å²) in [5.74, 6) is -0.0554. The van der Waals surface area contributed by atoms with E-state index in [-0.39, 0.29) is 12.3 Å². The highest BCUT2D eigenvalue weighted by atomic mass is 16.5. The highest BCUT2D eigenvalue weighted by Crippen LogP contribution is 2.33. The van der Waals surface area contributed by atoms with E-state index in [1.165, 1.54) is 0 Å². The fourth-order valence-electron chi connectivity index (χ4n) is 3.30. The molecule has 1 atom stereocenters. The van der Waals surface area contributed by atoms with Crippen LogP contribution in [0.25, 0.3) is 0 Å². The minimum Gasteiger partial charge on any atom is -0.493 e. The number of benzene rings is 2. The molecule has 1 heterocycles. The zero-order valence-corrected chi connectivity index (χ0v) is 15.8. The molecule has 2 aromatic carbocycles. The van der Waals surface area contributed by atoms with Crippen LogP contribution in [0.1, 0.15) is 17.5 Å². The smallest absolute Gasteiger partial charge is 0.305 e. The van der Waals surface area contributed by atoms with Crippen LogP contribution in [0.4, 0.5) is 0 Å². The molecule has 0 saturated carbocycles. The number of ether oxygens (including phenoxy) is 2. The second-order valence-electron chi connectivity index (χ2n) is 6.60. The van der Waals surface area contributed by atoms with Crippen molar-refractivity contribution in [1.82, 2.24) is 10.2 Å². The quantitative estimate of drug-likeness (QED) is 0.724. The standard InChI is InChI=1S/C21H24N2O5/c1-27-18-9-5-8-16(20(18)28-14-15-6-3-2-4-7-15)13-23-11-10-22-21(26)17(23)12-19(24)25/h2-9,17H,10-14H2,1H3,(H,22,26)(H,24,25). The maximum absolute atomic E-state index is 12.2. The minimum atomic E-state index is -1.00. The number of rotatable bonds is 8. The molecule has 0 spiro atoms. The molecule has 0 radical (unpaired) electrons. The zero-order chi connectivity index (χ0) is 19.9. The van der Waals surface area contributed by atoms with Crippen molar-refractivity contribution in [3.63, 3.8) is 0 Å². The number of piperazine rings is 1. The van der Waals surface area contributed by atoms with Gasteiger partial charge in [-0.25, -0.2) is 0 Å². The Bertz CT molecular complexity index is 825. The lowest BCUT2D eigenvalue weighted by atomic mass is 10.1. The van der Waals surface area contributed by atoms with Crippen LogP contribution in [0.15, 0.2) is 48.5 Å². The summed E-state index contributed by atoms with van der Waals surface area (Å²) in [7, 11) is 1.58. The first-order valence-corrected chi connectivity index (χ1v) is 9.14. The van der Waals surface area contributed by atoms with Crippen molar-refractivity contribution < 1.29 is 24.2 Å². The third-order valence-corrected chi connectivity index (χ3v) is 4.69. The molecule has 2 N–H and O–H groups in total. The van der Waals surface area contributed by atoms with Crippen molar-refractivity contribution >= 4 is 11.9 Å². The van der Waals surface area contributed by atoms with Gasteiger partial charge in [-0.05, 0) is 11.6 Å². The first kappa shape index (κ1) is 19.7. The largest absolute Gasteiger partial charge is 0.493 e. The SMILES string of the molecule is COc1cccc(CN2CCNC(=O)C2CC(=O)O)c1OCc1ccccc1. The van der Waals surface area contributed by atoms with Gasteiger partial charge in [-0.1, -0.05) is 42.5 Å². The van der Waals surface area contributed by atoms with Crippen molar-refractivity contribution in [2.45, 2.75) is 25.6 Å². The van der Waals surface area contributed by atoms with Gasteiger partial charge < -0.3 is 19.9 Å². The van der Waals surface area contributed by atoms with Crippen molar-refractivity contribution in [2.75, 3.05) is 20.2 Å². The molecule has 1 unspecified atom stereocenters. The van der Waals surface area contributed by atoms with Crippen LogP contribution in [-0.2, 0) is 22.7 Å². The third-order valence-electron chi connectivity index (χ3n) is 4.69. The number of amides is 1. The van der Waals surface area contributed by atoms with E-state index in [4.69, 9.17) is 14.6 Å². The van der Waals surface area contributed by atoms with Crippen LogP contribution >= 0.6 is 0 Å². The van der Waals surface area contributed by atoms with Gasteiger partial charge in [0, 0.05) is 25.2 Å². The van der Waals surface area contributed by atoms with Gasteiger partial charge in [0.15, 0.2) is 11.5 Å². The number of carboxylic acids is 1. The average Bonchev–Trinajstić information content (AvgIpc) is 2.70. The molecule has 0 aliphatic carbocycles. The van der Waals surface area contributed by atoms with E-state index in [2.05, 4.69) is 5.32 Å². The van der Waals surface area contributed by atoms with Gasteiger partial charge in [-0.2, -0.15) is 0 Å². The zero-order valence-electron chi connectivity index (χ0n) is 15.8. The number of aliphatic carboxylic acids is 1. The molecule has 0 aromatic heterocycles. The summed E-state index contributed by atoms with van der Waals surface area (Å²) in [6, 6.07) is 14.7. The molecule has 148 valence electrons. The van der Waals surface area contributed by atoms with Crippen molar-refractivity contribution in [2.24, 2.45) is 0 Å². The highest BCUT2D eigenvalue weighted by molar-refractivity contribution is 5.86. The molecule has 1 fully saturated rings. The number of nitrogens with zero attached hydrogens (tertiary/aromatic N) is 1. The van der Waals surface area contributed by atoms with Gasteiger partial charge in [0.25, 0.3) is 0 Å². The van der Waals surface area contributed by atoms with E-state index in [9.17, 15) is 9.59 Å². The van der Waals surface area contributed by atoms with Crippen molar-refractivity contribution in [3.05, 3.63) is 59.7 Å². The molecule has 28 heavy (non-hydrogen) atoms. The number of nitrogens with one attached hydrogen (secondary N) is 1. The Morgan fingerprint density at radius 1 is 1.21 bits per heavy atom. The second-order valence-corrected chi connectivity index (χ2v) is 6.60. The Labute approximate surface area is 163 Å². The average molecular weight is 384 g/mol. The van der Waals surface area contributed by atoms with Gasteiger partial charge in [0.1, 0.15) is 12.6 Å². The minimum absolute atomic E-state index is 0.240. The van der Waals surface area contributed by atoms with E-state index in [1.807, 2.05) is 53.4 Å². The summed E-state index contributed by atoms with van der Waals surface area (Å²) in [5, 5.41) is 11.9. The summed E-state index contributed by atoms with van der Waals surface area (Å²) in [6.45, 7) is 1.83. The third kappa shape index (κ3) is 4.80. The molecular weight excluding hydrogens is 360 g/mol. The lowest BCUT2D eigenvalue weighted by Crippen LogP contribution is -2.55. The number of carbonyl (C=O) groups is 2. The van der Waals surface area contributed by atoms with E-state index in [0.717, 1.165) is 11.1 Å². The number of para-hydroxylation sites is 1. The van der Waals surface area contributed by atoms with Crippen LogP contribution in [0.5, 0.6) is 11.5 Å². The Kier molecular flexibility index (Phi) is 6.49. The molecule has 3 rings (SSSR count). The summed E-state index contributed by atoms with van der Waals surface area (Å²) in [6.07, 6.45) is -0.240. The number of methoxy groups -OCH3 is 1. The van der Waals surface area contributed by atoms with E-state index in [0.29, 0.717) is 37.7 Å². The van der Waals surface area contributed by atoms with Crippen LogP contribution in [-0.4, -0.2) is 48.1 Å². The molecule has 1 amide bonds. The van der Waals surface area contributed by atoms with Gasteiger partial charge in [0.2, 0.25) is 5.91 Å². The maximum atomic E-state index is 12.2. The predicted molar refractivity (Wildman–Crippen MR) is 103 cm³/mol. The fourth-order valence-corrected chi connectivity index (χ4v) is 3.30. The van der Waals surface area contributed by atoms with E-state index < -0.39 is 12.0 Å². The highest BCUT2D eigenvalue weighted by Gasteiger charge is 2.32.